The first-order valence-electron chi connectivity index (χ1n) is 10.6. The van der Waals surface area contributed by atoms with Gasteiger partial charge in [-0.3, -0.25) is 19.6 Å². The van der Waals surface area contributed by atoms with Crippen molar-refractivity contribution in [2.75, 3.05) is 19.0 Å². The number of furan rings is 1. The van der Waals surface area contributed by atoms with Gasteiger partial charge in [-0.25, -0.2) is 0 Å². The van der Waals surface area contributed by atoms with Crippen LogP contribution in [0.25, 0.3) is 0 Å². The van der Waals surface area contributed by atoms with Crippen molar-refractivity contribution in [2.24, 2.45) is 15.9 Å². The zero-order chi connectivity index (χ0) is 22.3. The van der Waals surface area contributed by atoms with Crippen molar-refractivity contribution in [2.45, 2.75) is 45.6 Å². The zero-order valence-electron chi connectivity index (χ0n) is 18.0. The third-order valence-corrected chi connectivity index (χ3v) is 5.55. The van der Waals surface area contributed by atoms with Gasteiger partial charge in [0.25, 0.3) is 0 Å². The number of hydrogen-bond acceptors (Lipinski definition) is 7. The van der Waals surface area contributed by atoms with E-state index < -0.39 is 0 Å². The van der Waals surface area contributed by atoms with Crippen molar-refractivity contribution in [3.63, 3.8) is 0 Å². The molecule has 1 N–H and O–H groups in total. The Hall–Kier alpha value is -2.45. The summed E-state index contributed by atoms with van der Waals surface area (Å²) in [4.78, 5) is 33.8. The molecule has 0 radical (unpaired) electrons. The number of nitrogens with zero attached hydrogens (tertiary/aromatic N) is 2. The van der Waals surface area contributed by atoms with E-state index in [-0.39, 0.29) is 36.3 Å². The molecule has 31 heavy (non-hydrogen) atoms. The summed E-state index contributed by atoms with van der Waals surface area (Å²) < 4.78 is 10.8. The standard InChI is InChI=1S/C23H31N3O4S/c1-3-10-24-15-18(4-2)14-22(28)26-23(25-16-20-8-6-12-30-20)31-17-21(27)19-7-5-11-29-13-9-19/h4,6,8,10,12,15,19H,2-3,5,7,9,11,13-14,16-17H2,1H3,(H,25,26,28)/b18-15+,24-10?. The first-order chi connectivity index (χ1) is 15.1. The number of hydrogen-bond donors (Lipinski definition) is 1. The van der Waals surface area contributed by atoms with Crippen LogP contribution in [0.2, 0.25) is 0 Å². The minimum Gasteiger partial charge on any atom is -0.467 e. The fourth-order valence-electron chi connectivity index (χ4n) is 2.93. The third-order valence-electron chi connectivity index (χ3n) is 4.62. The number of allylic oxidation sites excluding steroid dienone is 1. The molecule has 1 unspecified atom stereocenters. The van der Waals surface area contributed by atoms with E-state index in [1.54, 1.807) is 30.8 Å². The molecule has 2 rings (SSSR count). The molecule has 7 nitrogen and oxygen atoms in total. The molecule has 2 heterocycles. The normalized spacial score (nSPS) is 18.0. The van der Waals surface area contributed by atoms with Gasteiger partial charge in [-0.2, -0.15) is 0 Å². The summed E-state index contributed by atoms with van der Waals surface area (Å²) in [7, 11) is 0. The predicted molar refractivity (Wildman–Crippen MR) is 125 cm³/mol. The Morgan fingerprint density at radius 3 is 2.97 bits per heavy atom. The van der Waals surface area contributed by atoms with Gasteiger partial charge in [-0.15, -0.1) is 0 Å². The molecule has 1 aromatic rings. The van der Waals surface area contributed by atoms with Crippen LogP contribution >= 0.6 is 11.8 Å². The molecule has 0 aliphatic carbocycles. The Kier molecular flexibility index (Phi) is 11.6. The maximum Gasteiger partial charge on any atom is 0.230 e. The molecule has 0 spiro atoms. The van der Waals surface area contributed by atoms with Gasteiger partial charge in [0.2, 0.25) is 5.91 Å². The quantitative estimate of drug-likeness (QED) is 0.329. The average Bonchev–Trinajstić information content (AvgIpc) is 3.14. The molecule has 1 saturated heterocycles. The number of Topliss-reactive ketones (excluding diaryl/α,β-unsaturated/α-hetero) is 1. The summed E-state index contributed by atoms with van der Waals surface area (Å²) in [5.74, 6) is 0.867. The number of carbonyl (C=O) groups excluding carboxylic acids is 2. The van der Waals surface area contributed by atoms with Crippen LogP contribution in [0.1, 0.15) is 44.8 Å². The van der Waals surface area contributed by atoms with Crippen LogP contribution in [-0.2, 0) is 20.9 Å². The Bertz CT molecular complexity index is 792. The molecule has 0 saturated carbocycles. The lowest BCUT2D eigenvalue weighted by molar-refractivity contribution is -0.121. The highest BCUT2D eigenvalue weighted by molar-refractivity contribution is 8.14. The largest absolute Gasteiger partial charge is 0.467 e. The molecule has 1 aromatic heterocycles. The minimum absolute atomic E-state index is 0.00348. The lowest BCUT2D eigenvalue weighted by Crippen LogP contribution is -2.30. The number of ketones is 1. The van der Waals surface area contributed by atoms with Crippen molar-refractivity contribution < 1.29 is 18.7 Å². The highest BCUT2D eigenvalue weighted by atomic mass is 32.2. The van der Waals surface area contributed by atoms with E-state index in [2.05, 4.69) is 21.9 Å². The number of aliphatic imine (C=N–C) groups is 2. The average molecular weight is 446 g/mol. The van der Waals surface area contributed by atoms with E-state index in [0.29, 0.717) is 29.7 Å². The molecule has 1 atom stereocenters. The molecule has 1 fully saturated rings. The van der Waals surface area contributed by atoms with Crippen LogP contribution in [0.15, 0.2) is 57.2 Å². The highest BCUT2D eigenvalue weighted by Gasteiger charge is 2.21. The minimum atomic E-state index is -0.237. The van der Waals surface area contributed by atoms with Crippen molar-refractivity contribution in [1.29, 1.82) is 0 Å². The Balaban J connectivity index is 1.98. The molecular weight excluding hydrogens is 414 g/mol. The van der Waals surface area contributed by atoms with Crippen molar-refractivity contribution in [1.82, 2.24) is 5.32 Å². The Morgan fingerprint density at radius 2 is 2.23 bits per heavy atom. The number of nitrogens with one attached hydrogen (secondary N) is 1. The van der Waals surface area contributed by atoms with Gasteiger partial charge >= 0.3 is 0 Å². The van der Waals surface area contributed by atoms with Crippen LogP contribution in [0, 0.1) is 5.92 Å². The maximum absolute atomic E-state index is 12.6. The Morgan fingerprint density at radius 1 is 1.35 bits per heavy atom. The predicted octanol–water partition coefficient (Wildman–Crippen LogP) is 4.31. The number of rotatable bonds is 10. The molecule has 1 aliphatic heterocycles. The van der Waals surface area contributed by atoms with Gasteiger partial charge in [0.1, 0.15) is 11.5 Å². The summed E-state index contributed by atoms with van der Waals surface area (Å²) in [6, 6.07) is 3.60. The van der Waals surface area contributed by atoms with Gasteiger partial charge < -0.3 is 14.5 Å². The molecule has 0 bridgehead atoms. The molecular formula is C23H31N3O4S. The fraction of sp³-hybridized carbons (Fsp3) is 0.478. The second-order valence-electron chi connectivity index (χ2n) is 7.07. The molecule has 168 valence electrons. The Labute approximate surface area is 188 Å². The summed E-state index contributed by atoms with van der Waals surface area (Å²) in [5.41, 5.74) is 0.701. The first-order valence-corrected chi connectivity index (χ1v) is 11.5. The molecule has 1 aliphatic rings. The van der Waals surface area contributed by atoms with Crippen molar-refractivity contribution in [3.05, 3.63) is 48.6 Å². The summed E-state index contributed by atoms with van der Waals surface area (Å²) in [5, 5.41) is 3.22. The fourth-order valence-corrected chi connectivity index (χ4v) is 3.79. The summed E-state index contributed by atoms with van der Waals surface area (Å²) in [6.07, 6.45) is 10.00. The molecule has 0 aromatic carbocycles. The number of amides is 1. The van der Waals surface area contributed by atoms with Gasteiger partial charge in [-0.1, -0.05) is 31.3 Å². The second kappa shape index (κ2) is 14.5. The highest BCUT2D eigenvalue weighted by Crippen LogP contribution is 2.19. The van der Waals surface area contributed by atoms with E-state index in [9.17, 15) is 9.59 Å². The lowest BCUT2D eigenvalue weighted by atomic mass is 9.97. The smallest absolute Gasteiger partial charge is 0.230 e. The second-order valence-corrected chi connectivity index (χ2v) is 8.03. The zero-order valence-corrected chi connectivity index (χ0v) is 18.9. The van der Waals surface area contributed by atoms with E-state index in [1.807, 2.05) is 13.0 Å². The van der Waals surface area contributed by atoms with E-state index >= 15 is 0 Å². The monoisotopic (exact) mass is 445 g/mol. The maximum atomic E-state index is 12.6. The van der Waals surface area contributed by atoms with Crippen LogP contribution in [-0.4, -0.2) is 42.0 Å². The van der Waals surface area contributed by atoms with Crippen LogP contribution in [0.4, 0.5) is 0 Å². The number of thioether (sulfide) groups is 1. The van der Waals surface area contributed by atoms with Crippen LogP contribution in [0.5, 0.6) is 0 Å². The van der Waals surface area contributed by atoms with Crippen LogP contribution < -0.4 is 5.32 Å². The van der Waals surface area contributed by atoms with Gasteiger partial charge in [0.05, 0.1) is 25.0 Å². The number of ether oxygens (including phenoxy) is 1. The van der Waals surface area contributed by atoms with Crippen molar-refractivity contribution in [3.8, 4) is 0 Å². The van der Waals surface area contributed by atoms with E-state index in [4.69, 9.17) is 9.15 Å². The molecule has 1 amide bonds. The summed E-state index contributed by atoms with van der Waals surface area (Å²) in [6.45, 7) is 7.34. The van der Waals surface area contributed by atoms with Gasteiger partial charge in [0.15, 0.2) is 5.17 Å². The van der Waals surface area contributed by atoms with E-state index in [0.717, 1.165) is 25.7 Å². The number of carbonyl (C=O) groups is 2. The topological polar surface area (TPSA) is 93.3 Å². The van der Waals surface area contributed by atoms with Crippen LogP contribution in [0.3, 0.4) is 0 Å². The lowest BCUT2D eigenvalue weighted by Gasteiger charge is -2.13. The third kappa shape index (κ3) is 9.93. The molecule has 8 heteroatoms. The van der Waals surface area contributed by atoms with Gasteiger partial charge in [0, 0.05) is 31.5 Å². The number of amidine groups is 1. The van der Waals surface area contributed by atoms with E-state index in [1.165, 1.54) is 11.8 Å². The SMILES string of the molecule is C=C/C(=C\N=CCC)CC(=O)NC(=NCc1ccco1)SCC(=O)C1CCCOCC1. The first kappa shape index (κ1) is 24.8. The van der Waals surface area contributed by atoms with Gasteiger partial charge in [-0.05, 0) is 43.4 Å². The van der Waals surface area contributed by atoms with Crippen molar-refractivity contribution >= 4 is 34.8 Å². The summed E-state index contributed by atoms with van der Waals surface area (Å²) >= 11 is 1.25.